The van der Waals surface area contributed by atoms with Crippen molar-refractivity contribution in [3.8, 4) is 0 Å². The zero-order valence-electron chi connectivity index (χ0n) is 7.37. The minimum Gasteiger partial charge on any atom is -0.391 e. The molecule has 1 heterocycles. The molecular weight excluding hydrogens is 172 g/mol. The van der Waals surface area contributed by atoms with Gasteiger partial charge in [-0.3, -0.25) is 0 Å². The van der Waals surface area contributed by atoms with Crippen LogP contribution in [-0.2, 0) is 6.42 Å². The number of hydrogen-bond donors (Lipinski definition) is 2. The molecule has 0 aromatic carbocycles. The van der Waals surface area contributed by atoms with Crippen molar-refractivity contribution in [1.29, 1.82) is 0 Å². The van der Waals surface area contributed by atoms with E-state index in [1.54, 1.807) is 11.3 Å². The second-order valence-electron chi connectivity index (χ2n) is 2.84. The van der Waals surface area contributed by atoms with E-state index >= 15 is 0 Å². The van der Waals surface area contributed by atoms with Crippen LogP contribution in [-0.4, -0.2) is 22.7 Å². The Morgan fingerprint density at radius 1 is 1.58 bits per heavy atom. The van der Waals surface area contributed by atoms with Gasteiger partial charge in [0.2, 0.25) is 0 Å². The van der Waals surface area contributed by atoms with Gasteiger partial charge in [0.25, 0.3) is 0 Å². The minimum atomic E-state index is -0.449. The molecule has 1 unspecified atom stereocenters. The van der Waals surface area contributed by atoms with Gasteiger partial charge >= 0.3 is 0 Å². The lowest BCUT2D eigenvalue weighted by Crippen LogP contribution is -2.21. The van der Waals surface area contributed by atoms with Gasteiger partial charge in [-0.2, -0.15) is 0 Å². The number of nitrogens with zero attached hydrogens (tertiary/aromatic N) is 1. The third-order valence-electron chi connectivity index (χ3n) is 1.76. The molecule has 1 atom stereocenters. The highest BCUT2D eigenvalue weighted by Gasteiger charge is 2.08. The maximum atomic E-state index is 9.25. The average molecular weight is 186 g/mol. The summed E-state index contributed by atoms with van der Waals surface area (Å²) in [6.07, 6.45) is 0.130. The normalized spacial score (nSPS) is 13.3. The molecule has 1 aromatic heterocycles. The van der Waals surface area contributed by atoms with Crippen LogP contribution < -0.4 is 5.73 Å². The van der Waals surface area contributed by atoms with E-state index in [0.29, 0.717) is 13.0 Å². The third kappa shape index (κ3) is 2.27. The molecule has 68 valence electrons. The summed E-state index contributed by atoms with van der Waals surface area (Å²) in [5, 5.41) is 10.2. The van der Waals surface area contributed by atoms with E-state index in [1.165, 1.54) is 4.88 Å². The second-order valence-corrected chi connectivity index (χ2v) is 4.13. The lowest BCUT2D eigenvalue weighted by Gasteiger charge is -2.02. The van der Waals surface area contributed by atoms with Gasteiger partial charge in [-0.25, -0.2) is 4.98 Å². The number of nitrogens with two attached hydrogens (primary N) is 1. The summed E-state index contributed by atoms with van der Waals surface area (Å²) in [6, 6.07) is 0. The highest BCUT2D eigenvalue weighted by atomic mass is 32.1. The largest absolute Gasteiger partial charge is 0.391 e. The number of aromatic nitrogens is 1. The fraction of sp³-hybridized carbons (Fsp3) is 0.625. The number of aliphatic hydroxyl groups is 1. The Morgan fingerprint density at radius 3 is 2.67 bits per heavy atom. The Morgan fingerprint density at radius 2 is 2.25 bits per heavy atom. The molecular formula is C8H14N2OS. The highest BCUT2D eigenvalue weighted by molar-refractivity contribution is 7.11. The van der Waals surface area contributed by atoms with Gasteiger partial charge in [0.05, 0.1) is 16.8 Å². The molecule has 0 bridgehead atoms. The SMILES string of the molecule is Cc1nc(CC(O)CN)sc1C. The van der Waals surface area contributed by atoms with Crippen molar-refractivity contribution in [2.75, 3.05) is 6.54 Å². The summed E-state index contributed by atoms with van der Waals surface area (Å²) in [5.41, 5.74) is 6.35. The number of thiazole rings is 1. The molecule has 0 aliphatic carbocycles. The van der Waals surface area contributed by atoms with E-state index in [4.69, 9.17) is 5.73 Å². The van der Waals surface area contributed by atoms with Crippen LogP contribution in [0, 0.1) is 13.8 Å². The molecule has 0 saturated heterocycles. The quantitative estimate of drug-likeness (QED) is 0.727. The summed E-state index contributed by atoms with van der Waals surface area (Å²) in [4.78, 5) is 5.52. The minimum absolute atomic E-state index is 0.303. The maximum absolute atomic E-state index is 9.25. The van der Waals surface area contributed by atoms with Gasteiger partial charge in [0, 0.05) is 17.8 Å². The topological polar surface area (TPSA) is 59.1 Å². The number of aliphatic hydroxyl groups excluding tert-OH is 1. The first-order valence-corrected chi connectivity index (χ1v) is 4.76. The molecule has 3 nitrogen and oxygen atoms in total. The number of rotatable bonds is 3. The smallest absolute Gasteiger partial charge is 0.0957 e. The molecule has 12 heavy (non-hydrogen) atoms. The molecule has 0 radical (unpaired) electrons. The molecule has 0 aliphatic heterocycles. The third-order valence-corrected chi connectivity index (χ3v) is 2.85. The summed E-state index contributed by atoms with van der Waals surface area (Å²) >= 11 is 1.63. The monoisotopic (exact) mass is 186 g/mol. The molecule has 0 saturated carbocycles. The lowest BCUT2D eigenvalue weighted by molar-refractivity contribution is 0.183. The summed E-state index contributed by atoms with van der Waals surface area (Å²) in [7, 11) is 0. The Kier molecular flexibility index (Phi) is 3.20. The molecule has 0 aliphatic rings. The van der Waals surface area contributed by atoms with Crippen LogP contribution in [0.3, 0.4) is 0 Å². The number of aryl methyl sites for hydroxylation is 2. The second kappa shape index (κ2) is 3.98. The van der Waals surface area contributed by atoms with E-state index < -0.39 is 6.10 Å². The molecule has 0 spiro atoms. The molecule has 0 fully saturated rings. The first kappa shape index (κ1) is 9.64. The van der Waals surface area contributed by atoms with Crippen LogP contribution in [0.15, 0.2) is 0 Å². The maximum Gasteiger partial charge on any atom is 0.0957 e. The van der Waals surface area contributed by atoms with Crippen molar-refractivity contribution in [3.05, 3.63) is 15.6 Å². The van der Waals surface area contributed by atoms with Gasteiger partial charge in [-0.05, 0) is 13.8 Å². The summed E-state index contributed by atoms with van der Waals surface area (Å²) < 4.78 is 0. The Labute approximate surface area is 76.3 Å². The predicted octanol–water partition coefficient (Wildman–Crippen LogP) is 0.622. The van der Waals surface area contributed by atoms with Crippen molar-refractivity contribution in [1.82, 2.24) is 4.98 Å². The molecule has 1 rings (SSSR count). The molecule has 1 aromatic rings. The highest BCUT2D eigenvalue weighted by Crippen LogP contribution is 2.17. The first-order valence-electron chi connectivity index (χ1n) is 3.94. The van der Waals surface area contributed by atoms with Gasteiger partial charge in [-0.1, -0.05) is 0 Å². The zero-order chi connectivity index (χ0) is 9.14. The van der Waals surface area contributed by atoms with Crippen molar-refractivity contribution in [2.45, 2.75) is 26.4 Å². The van der Waals surface area contributed by atoms with Gasteiger partial charge in [-0.15, -0.1) is 11.3 Å². The zero-order valence-corrected chi connectivity index (χ0v) is 8.19. The lowest BCUT2D eigenvalue weighted by atomic mass is 10.3. The van der Waals surface area contributed by atoms with Crippen LogP contribution in [0.1, 0.15) is 15.6 Å². The predicted molar refractivity (Wildman–Crippen MR) is 50.4 cm³/mol. The van der Waals surface area contributed by atoms with Crippen molar-refractivity contribution in [3.63, 3.8) is 0 Å². The van der Waals surface area contributed by atoms with E-state index in [0.717, 1.165) is 10.7 Å². The fourth-order valence-corrected chi connectivity index (χ4v) is 1.92. The molecule has 4 heteroatoms. The van der Waals surface area contributed by atoms with E-state index in [-0.39, 0.29) is 0 Å². The van der Waals surface area contributed by atoms with Gasteiger partial charge in [0.15, 0.2) is 0 Å². The summed E-state index contributed by atoms with van der Waals surface area (Å²) in [5.74, 6) is 0. The first-order chi connectivity index (χ1) is 5.63. The molecule has 0 amide bonds. The Hall–Kier alpha value is -0.450. The van der Waals surface area contributed by atoms with E-state index in [1.807, 2.05) is 13.8 Å². The van der Waals surface area contributed by atoms with Crippen molar-refractivity contribution >= 4 is 11.3 Å². The van der Waals surface area contributed by atoms with Gasteiger partial charge < -0.3 is 10.8 Å². The van der Waals surface area contributed by atoms with Crippen LogP contribution in [0.4, 0.5) is 0 Å². The van der Waals surface area contributed by atoms with Crippen LogP contribution >= 0.6 is 11.3 Å². The average Bonchev–Trinajstić information content (AvgIpc) is 2.31. The van der Waals surface area contributed by atoms with Gasteiger partial charge in [0.1, 0.15) is 0 Å². The Balaban J connectivity index is 2.64. The number of hydrogen-bond acceptors (Lipinski definition) is 4. The van der Waals surface area contributed by atoms with E-state index in [2.05, 4.69) is 4.98 Å². The fourth-order valence-electron chi connectivity index (χ4n) is 0.911. The van der Waals surface area contributed by atoms with Crippen LogP contribution in [0.25, 0.3) is 0 Å². The molecule has 3 N–H and O–H groups in total. The van der Waals surface area contributed by atoms with Crippen LogP contribution in [0.2, 0.25) is 0 Å². The standard InChI is InChI=1S/C8H14N2OS/c1-5-6(2)12-8(10-5)3-7(11)4-9/h7,11H,3-4,9H2,1-2H3. The van der Waals surface area contributed by atoms with E-state index in [9.17, 15) is 5.11 Å². The Bertz CT molecular complexity index is 240. The van der Waals surface area contributed by atoms with Crippen molar-refractivity contribution < 1.29 is 5.11 Å². The van der Waals surface area contributed by atoms with Crippen molar-refractivity contribution in [2.24, 2.45) is 5.73 Å². The summed E-state index contributed by atoms with van der Waals surface area (Å²) in [6.45, 7) is 4.31. The van der Waals surface area contributed by atoms with Crippen LogP contribution in [0.5, 0.6) is 0 Å².